The highest BCUT2D eigenvalue weighted by atomic mass is 35.5. The smallest absolute Gasteiger partial charge is 0.258 e. The first-order chi connectivity index (χ1) is 6.65. The zero-order valence-corrected chi connectivity index (χ0v) is 8.34. The molecule has 14 heavy (non-hydrogen) atoms. The molecule has 1 aromatic carbocycles. The molecule has 0 fully saturated rings. The van der Waals surface area contributed by atoms with E-state index in [2.05, 4.69) is 11.8 Å². The number of nitrogens with zero attached hydrogens (tertiary/aromatic N) is 1. The Morgan fingerprint density at radius 3 is 2.86 bits per heavy atom. The van der Waals surface area contributed by atoms with Crippen molar-refractivity contribution in [3.8, 4) is 11.8 Å². The molecule has 0 heterocycles. The second kappa shape index (κ2) is 4.64. The van der Waals surface area contributed by atoms with Gasteiger partial charge in [-0.3, -0.25) is 10.1 Å². The van der Waals surface area contributed by atoms with Gasteiger partial charge in [-0.2, -0.15) is 0 Å². The molecule has 0 N–H and O–H groups in total. The lowest BCUT2D eigenvalue weighted by atomic mass is 10.1. The zero-order valence-electron chi connectivity index (χ0n) is 7.58. The van der Waals surface area contributed by atoms with Gasteiger partial charge in [-0.05, 0) is 18.6 Å². The fourth-order valence-electron chi connectivity index (χ4n) is 1.03. The summed E-state index contributed by atoms with van der Waals surface area (Å²) in [7, 11) is 0. The monoisotopic (exact) mass is 209 g/mol. The van der Waals surface area contributed by atoms with E-state index in [0.717, 1.165) is 5.56 Å². The minimum absolute atomic E-state index is 0.0302. The van der Waals surface area contributed by atoms with Gasteiger partial charge in [-0.15, -0.1) is 11.6 Å². The van der Waals surface area contributed by atoms with Gasteiger partial charge in [0.05, 0.1) is 10.8 Å². The Labute approximate surface area is 86.8 Å². The first kappa shape index (κ1) is 10.6. The van der Waals surface area contributed by atoms with Gasteiger partial charge in [-0.1, -0.05) is 17.9 Å². The largest absolute Gasteiger partial charge is 0.285 e. The predicted molar refractivity (Wildman–Crippen MR) is 55.4 cm³/mol. The Balaban J connectivity index is 3.22. The third-order valence-electron chi connectivity index (χ3n) is 1.64. The van der Waals surface area contributed by atoms with Crippen molar-refractivity contribution in [1.29, 1.82) is 0 Å². The third kappa shape index (κ3) is 2.48. The molecule has 0 atom stereocenters. The Kier molecular flexibility index (Phi) is 3.49. The summed E-state index contributed by atoms with van der Waals surface area (Å²) in [4.78, 5) is 10.2. The van der Waals surface area contributed by atoms with Gasteiger partial charge in [-0.25, -0.2) is 0 Å². The van der Waals surface area contributed by atoms with Crippen LogP contribution < -0.4 is 0 Å². The van der Waals surface area contributed by atoms with Crippen LogP contribution in [0.4, 0.5) is 5.69 Å². The summed E-state index contributed by atoms with van der Waals surface area (Å²) in [5, 5.41) is 10.6. The molecule has 1 aromatic rings. The normalized spacial score (nSPS) is 9.00. The van der Waals surface area contributed by atoms with E-state index in [1.165, 1.54) is 6.07 Å². The van der Waals surface area contributed by atoms with Gasteiger partial charge in [0, 0.05) is 6.07 Å². The first-order valence-corrected chi connectivity index (χ1v) is 4.48. The van der Waals surface area contributed by atoms with Gasteiger partial charge >= 0.3 is 0 Å². The van der Waals surface area contributed by atoms with E-state index in [1.54, 1.807) is 19.1 Å². The van der Waals surface area contributed by atoms with E-state index < -0.39 is 4.92 Å². The molecule has 0 amide bonds. The molecule has 0 aliphatic carbocycles. The summed E-state index contributed by atoms with van der Waals surface area (Å²) in [6, 6.07) is 4.91. The van der Waals surface area contributed by atoms with E-state index in [1.807, 2.05) is 0 Å². The minimum atomic E-state index is -0.439. The van der Waals surface area contributed by atoms with Crippen LogP contribution in [0.5, 0.6) is 0 Å². The van der Waals surface area contributed by atoms with Crippen molar-refractivity contribution < 1.29 is 4.92 Å². The van der Waals surface area contributed by atoms with Crippen molar-refractivity contribution >= 4 is 17.3 Å². The molecule has 0 bridgehead atoms. The molecule has 0 unspecified atom stereocenters. The van der Waals surface area contributed by atoms with Crippen LogP contribution in [0.15, 0.2) is 18.2 Å². The molecule has 0 spiro atoms. The van der Waals surface area contributed by atoms with Crippen molar-refractivity contribution in [2.24, 2.45) is 0 Å². The fraction of sp³-hybridized carbons (Fsp3) is 0.200. The van der Waals surface area contributed by atoms with E-state index in [4.69, 9.17) is 11.6 Å². The van der Waals surface area contributed by atoms with Gasteiger partial charge in [0.25, 0.3) is 5.69 Å². The molecule has 3 nitrogen and oxygen atoms in total. The second-order valence-corrected chi connectivity index (χ2v) is 2.98. The fourth-order valence-corrected chi connectivity index (χ4v) is 1.09. The van der Waals surface area contributed by atoms with E-state index in [9.17, 15) is 10.1 Å². The standard InChI is InChI=1S/C10H8ClNO2/c1-8-4-5-9(3-2-6-11)10(7-8)12(13)14/h4-5,7H,6H2,1H3. The quantitative estimate of drug-likeness (QED) is 0.309. The zero-order chi connectivity index (χ0) is 10.6. The van der Waals surface area contributed by atoms with E-state index in [-0.39, 0.29) is 11.6 Å². The summed E-state index contributed by atoms with van der Waals surface area (Å²) < 4.78 is 0. The van der Waals surface area contributed by atoms with Crippen molar-refractivity contribution in [3.05, 3.63) is 39.4 Å². The van der Waals surface area contributed by atoms with Crippen molar-refractivity contribution in [3.63, 3.8) is 0 Å². The first-order valence-electron chi connectivity index (χ1n) is 3.95. The van der Waals surface area contributed by atoms with Gasteiger partial charge < -0.3 is 0 Å². The Bertz CT molecular complexity index is 418. The van der Waals surface area contributed by atoms with Crippen LogP contribution in [0.25, 0.3) is 0 Å². The number of nitro benzene ring substituents is 1. The molecule has 0 saturated heterocycles. The molecule has 0 saturated carbocycles. The molecule has 0 radical (unpaired) electrons. The van der Waals surface area contributed by atoms with Crippen LogP contribution >= 0.6 is 11.6 Å². The number of hydrogen-bond donors (Lipinski definition) is 0. The molecule has 1 rings (SSSR count). The molecule has 72 valence electrons. The van der Waals surface area contributed by atoms with Crippen LogP contribution in [-0.2, 0) is 0 Å². The van der Waals surface area contributed by atoms with Gasteiger partial charge in [0.15, 0.2) is 0 Å². The summed E-state index contributed by atoms with van der Waals surface area (Å²) in [5.74, 6) is 5.41. The molecule has 0 aliphatic rings. The topological polar surface area (TPSA) is 43.1 Å². The average molecular weight is 210 g/mol. The van der Waals surface area contributed by atoms with Gasteiger partial charge in [0.1, 0.15) is 5.56 Å². The summed E-state index contributed by atoms with van der Waals surface area (Å²) in [5.41, 5.74) is 1.27. The summed E-state index contributed by atoms with van der Waals surface area (Å²) >= 11 is 5.37. The second-order valence-electron chi connectivity index (χ2n) is 2.71. The maximum atomic E-state index is 10.6. The Morgan fingerprint density at radius 1 is 1.57 bits per heavy atom. The number of hydrogen-bond acceptors (Lipinski definition) is 2. The summed E-state index contributed by atoms with van der Waals surface area (Å²) in [6.07, 6.45) is 0. The molecular formula is C10H8ClNO2. The maximum Gasteiger partial charge on any atom is 0.285 e. The van der Waals surface area contributed by atoms with Crippen molar-refractivity contribution in [2.75, 3.05) is 5.88 Å². The minimum Gasteiger partial charge on any atom is -0.258 e. The SMILES string of the molecule is Cc1ccc(C#CCCl)c([N+](=O)[O-])c1. The summed E-state index contributed by atoms with van der Waals surface area (Å²) in [6.45, 7) is 1.80. The molecule has 0 aromatic heterocycles. The van der Waals surface area contributed by atoms with Crippen LogP contribution in [0.3, 0.4) is 0 Å². The number of halogens is 1. The van der Waals surface area contributed by atoms with Crippen LogP contribution in [-0.4, -0.2) is 10.8 Å². The van der Waals surface area contributed by atoms with Crippen LogP contribution in [0.2, 0.25) is 0 Å². The third-order valence-corrected chi connectivity index (χ3v) is 1.77. The predicted octanol–water partition coefficient (Wildman–Crippen LogP) is 2.49. The lowest BCUT2D eigenvalue weighted by Crippen LogP contribution is -1.92. The van der Waals surface area contributed by atoms with E-state index >= 15 is 0 Å². The Hall–Kier alpha value is -1.53. The molecule has 0 aliphatic heterocycles. The average Bonchev–Trinajstić information content (AvgIpc) is 2.15. The molecule has 4 heteroatoms. The van der Waals surface area contributed by atoms with Crippen LogP contribution in [0.1, 0.15) is 11.1 Å². The molecular weight excluding hydrogens is 202 g/mol. The lowest BCUT2D eigenvalue weighted by Gasteiger charge is -1.96. The van der Waals surface area contributed by atoms with Gasteiger partial charge in [0.2, 0.25) is 0 Å². The highest BCUT2D eigenvalue weighted by Crippen LogP contribution is 2.18. The number of rotatable bonds is 1. The number of nitro groups is 1. The number of alkyl halides is 1. The van der Waals surface area contributed by atoms with Crippen molar-refractivity contribution in [2.45, 2.75) is 6.92 Å². The maximum absolute atomic E-state index is 10.6. The Morgan fingerprint density at radius 2 is 2.29 bits per heavy atom. The highest BCUT2D eigenvalue weighted by molar-refractivity contribution is 6.19. The van der Waals surface area contributed by atoms with Crippen LogP contribution in [0, 0.1) is 28.9 Å². The van der Waals surface area contributed by atoms with Crippen molar-refractivity contribution in [1.82, 2.24) is 0 Å². The number of aryl methyl sites for hydroxylation is 1. The van der Waals surface area contributed by atoms with E-state index in [0.29, 0.717) is 5.56 Å². The number of benzene rings is 1. The highest BCUT2D eigenvalue weighted by Gasteiger charge is 2.11. The lowest BCUT2D eigenvalue weighted by molar-refractivity contribution is -0.385.